The molecule has 0 saturated carbocycles. The van der Waals surface area contributed by atoms with Gasteiger partial charge in [-0.15, -0.1) is 15.0 Å². The van der Waals surface area contributed by atoms with Gasteiger partial charge in [-0.25, -0.2) is 4.79 Å². The number of aromatic carboxylic acids is 1. The van der Waals surface area contributed by atoms with E-state index in [2.05, 4.69) is 15.1 Å². The Hall–Kier alpha value is -2.65. The van der Waals surface area contributed by atoms with Gasteiger partial charge < -0.3 is 19.8 Å². The smallest absolute Gasteiger partial charge is 0.360 e. The molecule has 1 aromatic heterocycles. The summed E-state index contributed by atoms with van der Waals surface area (Å²) in [6, 6.07) is 7.13. The third-order valence-corrected chi connectivity index (χ3v) is 4.17. The zero-order valence-corrected chi connectivity index (χ0v) is 14.0. The second-order valence-corrected chi connectivity index (χ2v) is 5.72. The molecule has 2 aromatic rings. The minimum Gasteiger partial charge on any atom is -0.497 e. The Morgan fingerprint density at radius 1 is 1.24 bits per heavy atom. The fraction of sp³-hybridized carbons (Fsp3) is 0.438. The monoisotopic (exact) mass is 347 g/mol. The van der Waals surface area contributed by atoms with Gasteiger partial charge in [0.2, 0.25) is 5.69 Å². The summed E-state index contributed by atoms with van der Waals surface area (Å²) in [5.41, 5.74) is 0.561. The van der Waals surface area contributed by atoms with Gasteiger partial charge in [0.25, 0.3) is 0 Å². The molecule has 1 saturated heterocycles. The maximum atomic E-state index is 11.6. The lowest BCUT2D eigenvalue weighted by Crippen LogP contribution is -2.47. The second kappa shape index (κ2) is 7.49. The Balaban J connectivity index is 1.87. The van der Waals surface area contributed by atoms with E-state index in [9.17, 15) is 9.90 Å². The molecule has 0 unspecified atom stereocenters. The van der Waals surface area contributed by atoms with Crippen LogP contribution in [0, 0.1) is 0 Å². The first-order valence-electron chi connectivity index (χ1n) is 8.05. The van der Waals surface area contributed by atoms with Gasteiger partial charge in [0.15, 0.2) is 5.82 Å². The number of hydrogen-bond donors (Lipinski definition) is 2. The van der Waals surface area contributed by atoms with Crippen molar-refractivity contribution in [2.24, 2.45) is 0 Å². The fourth-order valence-corrected chi connectivity index (χ4v) is 2.83. The van der Waals surface area contributed by atoms with Crippen molar-refractivity contribution in [1.29, 1.82) is 0 Å². The average Bonchev–Trinajstić information content (AvgIpc) is 3.08. The number of aromatic nitrogens is 3. The van der Waals surface area contributed by atoms with E-state index >= 15 is 0 Å². The number of methoxy groups -OCH3 is 1. The third kappa shape index (κ3) is 3.72. The van der Waals surface area contributed by atoms with Crippen molar-refractivity contribution in [1.82, 2.24) is 19.9 Å². The minimum absolute atomic E-state index is 0.0709. The van der Waals surface area contributed by atoms with Crippen LogP contribution in [-0.4, -0.2) is 82.5 Å². The van der Waals surface area contributed by atoms with Gasteiger partial charge in [-0.05, 0) is 12.1 Å². The molecular weight excluding hydrogens is 326 g/mol. The van der Waals surface area contributed by atoms with Gasteiger partial charge in [-0.1, -0.05) is 6.07 Å². The van der Waals surface area contributed by atoms with Crippen molar-refractivity contribution in [3.8, 4) is 11.4 Å². The molecule has 1 aliphatic rings. The largest absolute Gasteiger partial charge is 0.497 e. The molecule has 1 fully saturated rings. The molecule has 9 heteroatoms. The molecule has 2 heterocycles. The van der Waals surface area contributed by atoms with E-state index in [0.717, 1.165) is 13.1 Å². The van der Waals surface area contributed by atoms with Crippen LogP contribution in [0.15, 0.2) is 24.3 Å². The average molecular weight is 347 g/mol. The van der Waals surface area contributed by atoms with Crippen molar-refractivity contribution in [2.45, 2.75) is 0 Å². The van der Waals surface area contributed by atoms with Crippen LogP contribution >= 0.6 is 0 Å². The number of anilines is 1. The van der Waals surface area contributed by atoms with Gasteiger partial charge in [0, 0.05) is 38.8 Å². The number of nitrogens with zero attached hydrogens (tertiary/aromatic N) is 5. The molecule has 1 aliphatic heterocycles. The van der Waals surface area contributed by atoms with E-state index in [1.54, 1.807) is 31.4 Å². The maximum Gasteiger partial charge on any atom is 0.360 e. The Bertz CT molecular complexity index is 740. The van der Waals surface area contributed by atoms with E-state index in [-0.39, 0.29) is 12.3 Å². The second-order valence-electron chi connectivity index (χ2n) is 5.72. The first kappa shape index (κ1) is 17.2. The molecule has 0 aliphatic carbocycles. The van der Waals surface area contributed by atoms with Crippen LogP contribution in [0.1, 0.15) is 10.5 Å². The molecule has 0 spiro atoms. The van der Waals surface area contributed by atoms with Gasteiger partial charge in [-0.3, -0.25) is 4.90 Å². The summed E-state index contributed by atoms with van der Waals surface area (Å²) in [4.78, 5) is 17.0. The number of carboxylic acids is 1. The maximum absolute atomic E-state index is 11.6. The zero-order valence-electron chi connectivity index (χ0n) is 14.0. The normalized spacial score (nSPS) is 15.4. The van der Waals surface area contributed by atoms with Crippen LogP contribution in [0.4, 0.5) is 5.82 Å². The third-order valence-electron chi connectivity index (χ3n) is 4.17. The number of aliphatic hydroxyl groups is 1. The highest BCUT2D eigenvalue weighted by atomic mass is 16.5. The number of β-amino-alcohol motifs (C(OH)–C–C–N with tert-alkyl or cyclic N) is 1. The Labute approximate surface area is 145 Å². The molecule has 0 atom stereocenters. The predicted molar refractivity (Wildman–Crippen MR) is 90.6 cm³/mol. The number of aliphatic hydroxyl groups excluding tert-OH is 1. The van der Waals surface area contributed by atoms with Crippen molar-refractivity contribution < 1.29 is 19.7 Å². The number of piperazine rings is 1. The van der Waals surface area contributed by atoms with Gasteiger partial charge >= 0.3 is 5.97 Å². The van der Waals surface area contributed by atoms with E-state index < -0.39 is 5.97 Å². The summed E-state index contributed by atoms with van der Waals surface area (Å²) in [7, 11) is 1.57. The van der Waals surface area contributed by atoms with Crippen LogP contribution in [-0.2, 0) is 0 Å². The van der Waals surface area contributed by atoms with Gasteiger partial charge in [-0.2, -0.15) is 0 Å². The quantitative estimate of drug-likeness (QED) is 0.758. The van der Waals surface area contributed by atoms with Crippen LogP contribution in [0.2, 0.25) is 0 Å². The van der Waals surface area contributed by atoms with Crippen molar-refractivity contribution in [3.63, 3.8) is 0 Å². The van der Waals surface area contributed by atoms with E-state index in [1.165, 1.54) is 4.80 Å². The van der Waals surface area contributed by atoms with E-state index in [1.807, 2.05) is 4.90 Å². The topological polar surface area (TPSA) is 104 Å². The number of carboxylic acid groups (broad SMARTS) is 1. The van der Waals surface area contributed by atoms with Gasteiger partial charge in [0.1, 0.15) is 5.75 Å². The summed E-state index contributed by atoms with van der Waals surface area (Å²) in [5, 5.41) is 27.0. The molecule has 1 aromatic carbocycles. The molecule has 3 rings (SSSR count). The number of rotatable bonds is 6. The number of carbonyl (C=O) groups is 1. The lowest BCUT2D eigenvalue weighted by Gasteiger charge is -2.34. The van der Waals surface area contributed by atoms with Crippen LogP contribution in [0.25, 0.3) is 5.69 Å². The molecule has 2 N–H and O–H groups in total. The number of hydrogen-bond acceptors (Lipinski definition) is 7. The number of ether oxygens (including phenoxy) is 1. The van der Waals surface area contributed by atoms with Crippen molar-refractivity contribution >= 4 is 11.8 Å². The highest BCUT2D eigenvalue weighted by Crippen LogP contribution is 2.21. The highest BCUT2D eigenvalue weighted by Gasteiger charge is 2.26. The first-order valence-corrected chi connectivity index (χ1v) is 8.05. The van der Waals surface area contributed by atoms with Crippen molar-refractivity contribution in [2.75, 3.05) is 51.3 Å². The highest BCUT2D eigenvalue weighted by molar-refractivity contribution is 5.91. The Kier molecular flexibility index (Phi) is 5.15. The summed E-state index contributed by atoms with van der Waals surface area (Å²) < 4.78 is 5.19. The fourth-order valence-electron chi connectivity index (χ4n) is 2.83. The lowest BCUT2D eigenvalue weighted by molar-refractivity contribution is 0.0690. The van der Waals surface area contributed by atoms with Crippen LogP contribution in [0.5, 0.6) is 5.75 Å². The summed E-state index contributed by atoms with van der Waals surface area (Å²) in [5.74, 6) is -0.105. The summed E-state index contributed by atoms with van der Waals surface area (Å²) >= 11 is 0. The lowest BCUT2D eigenvalue weighted by atomic mass is 10.3. The minimum atomic E-state index is -1.11. The molecule has 25 heavy (non-hydrogen) atoms. The van der Waals surface area contributed by atoms with Crippen LogP contribution < -0.4 is 9.64 Å². The predicted octanol–water partition coefficient (Wildman–Crippen LogP) is 0.0884. The van der Waals surface area contributed by atoms with Gasteiger partial charge in [0.05, 0.1) is 19.4 Å². The van der Waals surface area contributed by atoms with E-state index in [0.29, 0.717) is 36.9 Å². The SMILES string of the molecule is COc1cccc(-n2nc(C(=O)O)c(N3CCN(CCO)CC3)n2)c1. The Morgan fingerprint density at radius 2 is 2.00 bits per heavy atom. The molecule has 0 bridgehead atoms. The molecule has 0 amide bonds. The molecule has 9 nitrogen and oxygen atoms in total. The standard InChI is InChI=1S/C16H21N5O4/c1-25-13-4-2-3-12(11-13)21-17-14(16(23)24)15(18-21)20-7-5-19(6-8-20)9-10-22/h2-4,11,22H,5-10H2,1H3,(H,23,24). The molecule has 0 radical (unpaired) electrons. The molecular formula is C16H21N5O4. The Morgan fingerprint density at radius 3 is 2.64 bits per heavy atom. The van der Waals surface area contributed by atoms with E-state index in [4.69, 9.17) is 9.84 Å². The zero-order chi connectivity index (χ0) is 17.8. The van der Waals surface area contributed by atoms with Crippen LogP contribution in [0.3, 0.4) is 0 Å². The first-order chi connectivity index (χ1) is 12.1. The van der Waals surface area contributed by atoms with Crippen molar-refractivity contribution in [3.05, 3.63) is 30.0 Å². The summed E-state index contributed by atoms with van der Waals surface area (Å²) in [6.45, 7) is 3.49. The summed E-state index contributed by atoms with van der Waals surface area (Å²) in [6.07, 6.45) is 0. The number of benzene rings is 1. The molecule has 134 valence electrons.